The molecule has 3 nitrogen and oxygen atoms in total. The topological polar surface area (TPSA) is 37.8 Å². The minimum absolute atomic E-state index is 0. The second kappa shape index (κ2) is 7.43. The molecule has 6 heteroatoms. The number of anilines is 1. The highest BCUT2D eigenvalue weighted by molar-refractivity contribution is 7.18. The summed E-state index contributed by atoms with van der Waals surface area (Å²) in [6.07, 6.45) is 9.52. The third-order valence-electron chi connectivity index (χ3n) is 3.71. The molecule has 0 bridgehead atoms. The number of rotatable bonds is 3. The average molecular weight is 332 g/mol. The Morgan fingerprint density at radius 1 is 1.20 bits per heavy atom. The summed E-state index contributed by atoms with van der Waals surface area (Å²) in [5.41, 5.74) is 0. The van der Waals surface area contributed by atoms with E-state index >= 15 is 0 Å². The van der Waals surface area contributed by atoms with Gasteiger partial charge in [0.2, 0.25) is 0 Å². The number of nitrogens with zero attached hydrogens (tertiary/aromatic N) is 2. The summed E-state index contributed by atoms with van der Waals surface area (Å²) in [6, 6.07) is 2.67. The lowest BCUT2D eigenvalue weighted by molar-refractivity contribution is 0.618. The van der Waals surface area contributed by atoms with E-state index in [4.69, 9.17) is 11.6 Å². The van der Waals surface area contributed by atoms with Crippen LogP contribution < -0.4 is 5.32 Å². The molecule has 3 rings (SSSR count). The van der Waals surface area contributed by atoms with Crippen LogP contribution in [0, 0.1) is 0 Å². The molecule has 2 heterocycles. The van der Waals surface area contributed by atoms with Gasteiger partial charge in [-0.2, -0.15) is 0 Å². The predicted molar refractivity (Wildman–Crippen MR) is 89.3 cm³/mol. The molecule has 0 aromatic carbocycles. The smallest absolute Gasteiger partial charge is 0.138 e. The molecular weight excluding hydrogens is 313 g/mol. The van der Waals surface area contributed by atoms with Crippen LogP contribution in [-0.2, 0) is 5.88 Å². The van der Waals surface area contributed by atoms with Crippen molar-refractivity contribution in [2.45, 2.75) is 50.4 Å². The fourth-order valence-electron chi connectivity index (χ4n) is 2.70. The average Bonchev–Trinajstić information content (AvgIpc) is 2.70. The quantitative estimate of drug-likeness (QED) is 0.636. The highest BCUT2D eigenvalue weighted by Gasteiger charge is 2.15. The Balaban J connectivity index is 0.00000147. The minimum atomic E-state index is 0. The number of nitrogens with one attached hydrogen (secondary N) is 1. The van der Waals surface area contributed by atoms with Gasteiger partial charge in [-0.3, -0.25) is 0 Å². The number of thiophene rings is 1. The Morgan fingerprint density at radius 3 is 2.65 bits per heavy atom. The molecular formula is C14H19Cl2N3S. The SMILES string of the molecule is Cl.ClCc1cc2c(NC3CCCCCC3)ncnc2s1. The Bertz CT molecular complexity index is 550. The Hall–Kier alpha value is -0.580. The van der Waals surface area contributed by atoms with E-state index in [1.807, 2.05) is 0 Å². The standard InChI is InChI=1S/C14H18ClN3S.ClH/c15-8-11-7-12-13(16-9-17-14(12)19-11)18-10-5-3-1-2-4-6-10;/h7,9-10H,1-6,8H2,(H,16,17,18);1H. The number of hydrogen-bond donors (Lipinski definition) is 1. The molecule has 0 spiro atoms. The van der Waals surface area contributed by atoms with E-state index in [1.165, 1.54) is 38.5 Å². The molecule has 0 saturated heterocycles. The van der Waals surface area contributed by atoms with Crippen LogP contribution >= 0.6 is 35.3 Å². The second-order valence-corrected chi connectivity index (χ2v) is 6.50. The molecule has 20 heavy (non-hydrogen) atoms. The van der Waals surface area contributed by atoms with E-state index in [0.717, 1.165) is 20.9 Å². The van der Waals surface area contributed by atoms with Crippen LogP contribution in [0.5, 0.6) is 0 Å². The summed E-state index contributed by atoms with van der Waals surface area (Å²) in [5.74, 6) is 1.52. The second-order valence-electron chi connectivity index (χ2n) is 5.12. The number of alkyl halides is 1. The number of aromatic nitrogens is 2. The van der Waals surface area contributed by atoms with Crippen molar-refractivity contribution in [1.82, 2.24) is 9.97 Å². The third-order valence-corrected chi connectivity index (χ3v) is 5.20. The van der Waals surface area contributed by atoms with Crippen LogP contribution in [-0.4, -0.2) is 16.0 Å². The van der Waals surface area contributed by atoms with Crippen LogP contribution in [0.25, 0.3) is 10.2 Å². The lowest BCUT2D eigenvalue weighted by Gasteiger charge is -2.17. The van der Waals surface area contributed by atoms with Crippen LogP contribution in [0.15, 0.2) is 12.4 Å². The van der Waals surface area contributed by atoms with Gasteiger partial charge in [-0.05, 0) is 18.9 Å². The summed E-state index contributed by atoms with van der Waals surface area (Å²) in [7, 11) is 0. The Labute approximate surface area is 134 Å². The van der Waals surface area contributed by atoms with Crippen LogP contribution in [0.2, 0.25) is 0 Å². The molecule has 1 aliphatic rings. The fraction of sp³-hybridized carbons (Fsp3) is 0.571. The Morgan fingerprint density at radius 2 is 1.95 bits per heavy atom. The highest BCUT2D eigenvalue weighted by atomic mass is 35.5. The molecule has 0 aliphatic heterocycles. The van der Waals surface area contributed by atoms with E-state index in [2.05, 4.69) is 21.4 Å². The van der Waals surface area contributed by atoms with E-state index in [0.29, 0.717) is 11.9 Å². The van der Waals surface area contributed by atoms with E-state index < -0.39 is 0 Å². The van der Waals surface area contributed by atoms with E-state index in [1.54, 1.807) is 17.7 Å². The maximum absolute atomic E-state index is 5.91. The van der Waals surface area contributed by atoms with Gasteiger partial charge < -0.3 is 5.32 Å². The summed E-state index contributed by atoms with van der Waals surface area (Å²) in [4.78, 5) is 10.9. The first-order chi connectivity index (χ1) is 9.36. The molecule has 0 atom stereocenters. The maximum atomic E-state index is 5.91. The monoisotopic (exact) mass is 331 g/mol. The molecule has 1 N–H and O–H groups in total. The summed E-state index contributed by atoms with van der Waals surface area (Å²) < 4.78 is 0. The van der Waals surface area contributed by atoms with E-state index in [9.17, 15) is 0 Å². The van der Waals surface area contributed by atoms with Gasteiger partial charge in [-0.25, -0.2) is 9.97 Å². The van der Waals surface area contributed by atoms with Gasteiger partial charge >= 0.3 is 0 Å². The van der Waals surface area contributed by atoms with Crippen LogP contribution in [0.1, 0.15) is 43.4 Å². The first-order valence-corrected chi connectivity index (χ1v) is 8.28. The van der Waals surface area contributed by atoms with Gasteiger partial charge in [-0.15, -0.1) is 35.3 Å². The molecule has 1 aliphatic carbocycles. The minimum Gasteiger partial charge on any atom is -0.367 e. The zero-order valence-corrected chi connectivity index (χ0v) is 13.7. The Kier molecular flexibility index (Phi) is 5.87. The molecule has 0 radical (unpaired) electrons. The summed E-state index contributed by atoms with van der Waals surface area (Å²) in [6.45, 7) is 0. The van der Waals surface area contributed by atoms with Gasteiger partial charge in [0.25, 0.3) is 0 Å². The highest BCUT2D eigenvalue weighted by Crippen LogP contribution is 2.30. The number of halogens is 2. The van der Waals surface area contributed by atoms with Crippen LogP contribution in [0.4, 0.5) is 5.82 Å². The van der Waals surface area contributed by atoms with Crippen molar-refractivity contribution in [3.8, 4) is 0 Å². The number of hydrogen-bond acceptors (Lipinski definition) is 4. The van der Waals surface area contributed by atoms with Crippen molar-refractivity contribution in [2.75, 3.05) is 5.32 Å². The number of fused-ring (bicyclic) bond motifs is 1. The summed E-state index contributed by atoms with van der Waals surface area (Å²) in [5, 5.41) is 4.73. The molecule has 2 aromatic rings. The lowest BCUT2D eigenvalue weighted by atomic mass is 10.1. The molecule has 2 aromatic heterocycles. The van der Waals surface area contributed by atoms with Gasteiger partial charge in [0.1, 0.15) is 17.0 Å². The van der Waals surface area contributed by atoms with Gasteiger partial charge in [0.05, 0.1) is 11.3 Å². The van der Waals surface area contributed by atoms with Crippen LogP contribution in [0.3, 0.4) is 0 Å². The van der Waals surface area contributed by atoms with Crippen molar-refractivity contribution in [2.24, 2.45) is 0 Å². The molecule has 1 saturated carbocycles. The van der Waals surface area contributed by atoms with Crippen molar-refractivity contribution in [3.05, 3.63) is 17.3 Å². The van der Waals surface area contributed by atoms with Gasteiger partial charge in [0, 0.05) is 10.9 Å². The zero-order valence-electron chi connectivity index (χ0n) is 11.3. The first-order valence-electron chi connectivity index (χ1n) is 6.93. The normalized spacial score (nSPS) is 16.6. The molecule has 0 amide bonds. The molecule has 110 valence electrons. The van der Waals surface area contributed by atoms with Gasteiger partial charge in [-0.1, -0.05) is 25.7 Å². The van der Waals surface area contributed by atoms with Crippen molar-refractivity contribution in [3.63, 3.8) is 0 Å². The largest absolute Gasteiger partial charge is 0.367 e. The maximum Gasteiger partial charge on any atom is 0.138 e. The van der Waals surface area contributed by atoms with Crippen molar-refractivity contribution < 1.29 is 0 Å². The molecule has 0 unspecified atom stereocenters. The van der Waals surface area contributed by atoms with E-state index in [-0.39, 0.29) is 12.4 Å². The predicted octanol–water partition coefficient (Wildman–Crippen LogP) is 4.99. The zero-order chi connectivity index (χ0) is 13.1. The first kappa shape index (κ1) is 15.8. The lowest BCUT2D eigenvalue weighted by Crippen LogP contribution is -2.19. The fourth-order valence-corrected chi connectivity index (χ4v) is 3.79. The third kappa shape index (κ3) is 3.54. The van der Waals surface area contributed by atoms with Crippen molar-refractivity contribution in [1.29, 1.82) is 0 Å². The summed E-state index contributed by atoms with van der Waals surface area (Å²) >= 11 is 7.56. The molecule has 1 fully saturated rings. The van der Waals surface area contributed by atoms with Crippen molar-refractivity contribution >= 4 is 51.4 Å². The van der Waals surface area contributed by atoms with Gasteiger partial charge in [0.15, 0.2) is 0 Å².